The molecule has 1 N–H and O–H groups in total. The minimum atomic E-state index is -3.62. The highest BCUT2D eigenvalue weighted by atomic mass is 32.2. The first-order valence-electron chi connectivity index (χ1n) is 5.59. The summed E-state index contributed by atoms with van der Waals surface area (Å²) in [5.41, 5.74) is 1.20. The number of hydrogen-bond acceptors (Lipinski definition) is 4. The molecule has 5 nitrogen and oxygen atoms in total. The molecular formula is C13H10FN3O2S. The van der Waals surface area contributed by atoms with Gasteiger partial charge in [0.2, 0.25) is 16.0 Å². The number of sulfonamides is 1. The van der Waals surface area contributed by atoms with Crippen LogP contribution in [-0.2, 0) is 15.8 Å². The summed E-state index contributed by atoms with van der Waals surface area (Å²) in [6.45, 7) is 0. The predicted octanol–water partition coefficient (Wildman–Crippen LogP) is 2.03. The number of pyridine rings is 1. The number of nitrogens with zero attached hydrogens (tertiary/aromatic N) is 2. The Morgan fingerprint density at radius 2 is 1.90 bits per heavy atom. The molecule has 1 heterocycles. The molecule has 0 unspecified atom stereocenters. The molecule has 0 aliphatic heterocycles. The summed E-state index contributed by atoms with van der Waals surface area (Å²) in [6, 6.07) is 10.5. The van der Waals surface area contributed by atoms with Crippen LogP contribution in [0.15, 0.2) is 42.6 Å². The van der Waals surface area contributed by atoms with Gasteiger partial charge in [0.1, 0.15) is 0 Å². The van der Waals surface area contributed by atoms with Gasteiger partial charge < -0.3 is 0 Å². The molecule has 20 heavy (non-hydrogen) atoms. The van der Waals surface area contributed by atoms with Crippen molar-refractivity contribution in [2.45, 2.75) is 5.75 Å². The SMILES string of the molecule is N#Cc1ccc(CS(=O)(=O)Nc2ccc(F)nc2)cc1. The van der Waals surface area contributed by atoms with Gasteiger partial charge in [-0.05, 0) is 29.8 Å². The monoisotopic (exact) mass is 291 g/mol. The fourth-order valence-electron chi connectivity index (χ4n) is 1.55. The molecule has 0 aliphatic carbocycles. The average Bonchev–Trinajstić information content (AvgIpc) is 2.41. The molecule has 7 heteroatoms. The lowest BCUT2D eigenvalue weighted by Gasteiger charge is -2.07. The van der Waals surface area contributed by atoms with E-state index in [1.807, 2.05) is 6.07 Å². The normalized spacial score (nSPS) is 10.8. The average molecular weight is 291 g/mol. The maximum Gasteiger partial charge on any atom is 0.236 e. The molecule has 0 spiro atoms. The van der Waals surface area contributed by atoms with Gasteiger partial charge in [0.15, 0.2) is 0 Å². The lowest BCUT2D eigenvalue weighted by Crippen LogP contribution is -2.15. The summed E-state index contributed by atoms with van der Waals surface area (Å²) >= 11 is 0. The van der Waals surface area contributed by atoms with Crippen LogP contribution in [0.2, 0.25) is 0 Å². The van der Waals surface area contributed by atoms with E-state index in [9.17, 15) is 12.8 Å². The Hall–Kier alpha value is -2.46. The molecule has 0 fully saturated rings. The number of nitrogens with one attached hydrogen (secondary N) is 1. The van der Waals surface area contributed by atoms with Crippen LogP contribution < -0.4 is 4.72 Å². The second-order valence-corrected chi connectivity index (χ2v) is 5.76. The van der Waals surface area contributed by atoms with Gasteiger partial charge in [0.25, 0.3) is 0 Å². The summed E-state index contributed by atoms with van der Waals surface area (Å²) in [6.07, 6.45) is 1.10. The summed E-state index contributed by atoms with van der Waals surface area (Å²) in [5.74, 6) is -0.921. The second-order valence-electron chi connectivity index (χ2n) is 4.04. The number of benzene rings is 1. The Balaban J connectivity index is 2.10. The second kappa shape index (κ2) is 5.67. The number of nitriles is 1. The molecule has 2 rings (SSSR count). The molecule has 0 radical (unpaired) electrons. The van der Waals surface area contributed by atoms with E-state index in [-0.39, 0.29) is 11.4 Å². The van der Waals surface area contributed by atoms with Crippen molar-refractivity contribution in [3.63, 3.8) is 0 Å². The quantitative estimate of drug-likeness (QED) is 0.874. The highest BCUT2D eigenvalue weighted by Crippen LogP contribution is 2.12. The van der Waals surface area contributed by atoms with Gasteiger partial charge in [0.05, 0.1) is 29.3 Å². The van der Waals surface area contributed by atoms with Gasteiger partial charge in [-0.3, -0.25) is 4.72 Å². The Kier molecular flexibility index (Phi) is 3.96. The summed E-state index contributed by atoms with van der Waals surface area (Å²) in [7, 11) is -3.62. The number of aromatic nitrogens is 1. The maximum atomic E-state index is 12.6. The first-order valence-corrected chi connectivity index (χ1v) is 7.25. The molecular weight excluding hydrogens is 281 g/mol. The van der Waals surface area contributed by atoms with Gasteiger partial charge >= 0.3 is 0 Å². The molecule has 0 amide bonds. The molecule has 1 aromatic heterocycles. The Bertz CT molecular complexity index is 735. The molecule has 0 saturated heterocycles. The van der Waals surface area contributed by atoms with Crippen LogP contribution >= 0.6 is 0 Å². The number of halogens is 1. The topological polar surface area (TPSA) is 82.8 Å². The van der Waals surface area contributed by atoms with E-state index in [1.165, 1.54) is 6.07 Å². The third kappa shape index (κ3) is 3.76. The van der Waals surface area contributed by atoms with Crippen molar-refractivity contribution in [1.82, 2.24) is 4.98 Å². The summed E-state index contributed by atoms with van der Waals surface area (Å²) < 4.78 is 38.7. The van der Waals surface area contributed by atoms with Crippen molar-refractivity contribution in [1.29, 1.82) is 5.26 Å². The fraction of sp³-hybridized carbons (Fsp3) is 0.0769. The van der Waals surface area contributed by atoms with Crippen LogP contribution in [0, 0.1) is 17.3 Å². The van der Waals surface area contributed by atoms with Crippen LogP contribution in [0.1, 0.15) is 11.1 Å². The zero-order chi connectivity index (χ0) is 14.6. The zero-order valence-corrected chi connectivity index (χ0v) is 11.1. The van der Waals surface area contributed by atoms with Gasteiger partial charge in [-0.25, -0.2) is 13.4 Å². The van der Waals surface area contributed by atoms with Gasteiger partial charge in [0, 0.05) is 0 Å². The van der Waals surface area contributed by atoms with E-state index in [0.717, 1.165) is 12.3 Å². The summed E-state index contributed by atoms with van der Waals surface area (Å²) in [5, 5.41) is 8.66. The number of hydrogen-bond donors (Lipinski definition) is 1. The molecule has 0 bridgehead atoms. The van der Waals surface area contributed by atoms with E-state index >= 15 is 0 Å². The molecule has 102 valence electrons. The van der Waals surface area contributed by atoms with Crippen molar-refractivity contribution in [2.24, 2.45) is 0 Å². The van der Waals surface area contributed by atoms with E-state index in [1.54, 1.807) is 24.3 Å². The molecule has 2 aromatic rings. The Labute approximate surface area is 115 Å². The van der Waals surface area contributed by atoms with Gasteiger partial charge in [-0.2, -0.15) is 9.65 Å². The summed E-state index contributed by atoms with van der Waals surface area (Å²) in [4.78, 5) is 3.36. The number of rotatable bonds is 4. The predicted molar refractivity (Wildman–Crippen MR) is 71.6 cm³/mol. The molecule has 1 aromatic carbocycles. The highest BCUT2D eigenvalue weighted by Gasteiger charge is 2.12. The lowest BCUT2D eigenvalue weighted by atomic mass is 10.2. The third-order valence-electron chi connectivity index (χ3n) is 2.44. The van der Waals surface area contributed by atoms with Crippen molar-refractivity contribution < 1.29 is 12.8 Å². The number of anilines is 1. The first-order chi connectivity index (χ1) is 9.48. The van der Waals surface area contributed by atoms with Gasteiger partial charge in [-0.1, -0.05) is 12.1 Å². The van der Waals surface area contributed by atoms with Crippen LogP contribution in [-0.4, -0.2) is 13.4 Å². The fourth-order valence-corrected chi connectivity index (χ4v) is 2.73. The van der Waals surface area contributed by atoms with Crippen molar-refractivity contribution in [2.75, 3.05) is 4.72 Å². The van der Waals surface area contributed by atoms with E-state index in [0.29, 0.717) is 11.1 Å². The first kappa shape index (κ1) is 14.0. The Morgan fingerprint density at radius 3 is 2.45 bits per heavy atom. The largest absolute Gasteiger partial charge is 0.282 e. The van der Waals surface area contributed by atoms with Gasteiger partial charge in [-0.15, -0.1) is 0 Å². The van der Waals surface area contributed by atoms with Crippen LogP contribution in [0.5, 0.6) is 0 Å². The minimum absolute atomic E-state index is 0.194. The van der Waals surface area contributed by atoms with Crippen molar-refractivity contribution in [3.8, 4) is 6.07 Å². The van der Waals surface area contributed by atoms with E-state index in [4.69, 9.17) is 5.26 Å². The highest BCUT2D eigenvalue weighted by molar-refractivity contribution is 7.91. The molecule has 0 aliphatic rings. The van der Waals surface area contributed by atoms with Crippen LogP contribution in [0.3, 0.4) is 0 Å². The maximum absolute atomic E-state index is 12.6. The minimum Gasteiger partial charge on any atom is -0.282 e. The molecule has 0 saturated carbocycles. The van der Waals surface area contributed by atoms with Crippen molar-refractivity contribution >= 4 is 15.7 Å². The lowest BCUT2D eigenvalue weighted by molar-refractivity contribution is 0.583. The third-order valence-corrected chi connectivity index (χ3v) is 3.70. The van der Waals surface area contributed by atoms with E-state index < -0.39 is 16.0 Å². The van der Waals surface area contributed by atoms with Crippen LogP contribution in [0.4, 0.5) is 10.1 Å². The zero-order valence-electron chi connectivity index (χ0n) is 10.2. The standard InChI is InChI=1S/C13H10FN3O2S/c14-13-6-5-12(8-16-13)17-20(18,19)9-11-3-1-10(7-15)2-4-11/h1-6,8,17H,9H2. The smallest absolute Gasteiger partial charge is 0.236 e. The van der Waals surface area contributed by atoms with Crippen molar-refractivity contribution in [3.05, 3.63) is 59.7 Å². The molecule has 0 atom stereocenters. The van der Waals surface area contributed by atoms with E-state index in [2.05, 4.69) is 9.71 Å². The Morgan fingerprint density at radius 1 is 1.20 bits per heavy atom. The van der Waals surface area contributed by atoms with Crippen LogP contribution in [0.25, 0.3) is 0 Å².